The highest BCUT2D eigenvalue weighted by Gasteiger charge is 2.17. The maximum absolute atomic E-state index is 6.37. The summed E-state index contributed by atoms with van der Waals surface area (Å²) in [7, 11) is 1.67. The molecule has 1 aliphatic heterocycles. The highest BCUT2D eigenvalue weighted by Crippen LogP contribution is 2.32. The van der Waals surface area contributed by atoms with Gasteiger partial charge in [-0.3, -0.25) is 0 Å². The fourth-order valence-electron chi connectivity index (χ4n) is 2.50. The average molecular weight is 255 g/mol. The molecule has 2 aromatic carbocycles. The quantitative estimate of drug-likeness (QED) is 0.917. The number of benzene rings is 2. The summed E-state index contributed by atoms with van der Waals surface area (Å²) < 4.78 is 10.9. The van der Waals surface area contributed by atoms with Gasteiger partial charge in [-0.25, -0.2) is 0 Å². The topological polar surface area (TPSA) is 44.5 Å². The van der Waals surface area contributed by atoms with Crippen molar-refractivity contribution in [2.24, 2.45) is 5.73 Å². The number of rotatable bonds is 3. The molecule has 0 aliphatic carbocycles. The van der Waals surface area contributed by atoms with Crippen LogP contribution in [0, 0.1) is 0 Å². The van der Waals surface area contributed by atoms with E-state index in [1.54, 1.807) is 7.11 Å². The molecule has 98 valence electrons. The Bertz CT molecular complexity index is 595. The Morgan fingerprint density at radius 1 is 1.21 bits per heavy atom. The van der Waals surface area contributed by atoms with Gasteiger partial charge in [0, 0.05) is 12.0 Å². The van der Waals surface area contributed by atoms with E-state index in [1.807, 2.05) is 36.4 Å². The van der Waals surface area contributed by atoms with Gasteiger partial charge in [-0.1, -0.05) is 30.3 Å². The largest absolute Gasteiger partial charge is 0.496 e. The first kappa shape index (κ1) is 12.1. The van der Waals surface area contributed by atoms with Crippen LogP contribution in [0.5, 0.6) is 11.5 Å². The average Bonchev–Trinajstić information content (AvgIpc) is 2.93. The highest BCUT2D eigenvalue weighted by molar-refractivity contribution is 5.46. The Morgan fingerprint density at radius 2 is 2.05 bits per heavy atom. The van der Waals surface area contributed by atoms with Crippen molar-refractivity contribution in [3.05, 3.63) is 59.2 Å². The van der Waals surface area contributed by atoms with E-state index in [9.17, 15) is 0 Å². The lowest BCUT2D eigenvalue weighted by Crippen LogP contribution is -2.13. The molecule has 3 nitrogen and oxygen atoms in total. The molecule has 0 saturated carbocycles. The Labute approximate surface area is 113 Å². The van der Waals surface area contributed by atoms with Crippen LogP contribution >= 0.6 is 0 Å². The molecule has 3 rings (SSSR count). The summed E-state index contributed by atoms with van der Waals surface area (Å²) in [5, 5.41) is 0. The smallest absolute Gasteiger partial charge is 0.123 e. The SMILES string of the molecule is COc1ccccc1C(N)c1ccc2c(c1)CCO2. The van der Waals surface area contributed by atoms with Gasteiger partial charge in [0.2, 0.25) is 0 Å². The van der Waals surface area contributed by atoms with Gasteiger partial charge in [-0.2, -0.15) is 0 Å². The minimum Gasteiger partial charge on any atom is -0.496 e. The molecule has 1 aliphatic rings. The standard InChI is InChI=1S/C16H17NO2/c1-18-15-5-3-2-4-13(15)16(17)12-6-7-14-11(10-12)8-9-19-14/h2-7,10,16H,8-9,17H2,1H3. The van der Waals surface area contributed by atoms with E-state index in [1.165, 1.54) is 5.56 Å². The van der Waals surface area contributed by atoms with Crippen LogP contribution in [0.1, 0.15) is 22.7 Å². The van der Waals surface area contributed by atoms with Crippen LogP contribution in [0.2, 0.25) is 0 Å². The van der Waals surface area contributed by atoms with Crippen LogP contribution in [0.25, 0.3) is 0 Å². The Morgan fingerprint density at radius 3 is 2.89 bits per heavy atom. The molecule has 2 N–H and O–H groups in total. The maximum Gasteiger partial charge on any atom is 0.123 e. The van der Waals surface area contributed by atoms with Gasteiger partial charge in [-0.05, 0) is 23.3 Å². The van der Waals surface area contributed by atoms with Gasteiger partial charge in [0.25, 0.3) is 0 Å². The minimum absolute atomic E-state index is 0.179. The number of para-hydroxylation sites is 1. The zero-order valence-electron chi connectivity index (χ0n) is 10.9. The summed E-state index contributed by atoms with van der Waals surface area (Å²) in [6, 6.07) is 13.9. The summed E-state index contributed by atoms with van der Waals surface area (Å²) >= 11 is 0. The Hall–Kier alpha value is -2.00. The summed E-state index contributed by atoms with van der Waals surface area (Å²) in [6.07, 6.45) is 0.960. The minimum atomic E-state index is -0.179. The third-order valence-corrected chi connectivity index (χ3v) is 3.55. The van der Waals surface area contributed by atoms with E-state index in [2.05, 4.69) is 6.07 Å². The van der Waals surface area contributed by atoms with Crippen LogP contribution in [-0.2, 0) is 6.42 Å². The molecule has 0 radical (unpaired) electrons. The lowest BCUT2D eigenvalue weighted by Gasteiger charge is -2.16. The first-order valence-electron chi connectivity index (χ1n) is 6.43. The fraction of sp³-hybridized carbons (Fsp3) is 0.250. The molecule has 1 heterocycles. The molecule has 1 unspecified atom stereocenters. The second-order valence-electron chi connectivity index (χ2n) is 4.69. The van der Waals surface area contributed by atoms with E-state index < -0.39 is 0 Å². The zero-order valence-corrected chi connectivity index (χ0v) is 10.9. The molecule has 1 atom stereocenters. The van der Waals surface area contributed by atoms with E-state index >= 15 is 0 Å². The predicted molar refractivity (Wildman–Crippen MR) is 74.7 cm³/mol. The number of methoxy groups -OCH3 is 1. The summed E-state index contributed by atoms with van der Waals surface area (Å²) in [6.45, 7) is 0.767. The second kappa shape index (κ2) is 4.94. The lowest BCUT2D eigenvalue weighted by molar-refractivity contribution is 0.357. The van der Waals surface area contributed by atoms with Crippen LogP contribution in [0.15, 0.2) is 42.5 Å². The van der Waals surface area contributed by atoms with Crippen LogP contribution in [-0.4, -0.2) is 13.7 Å². The van der Waals surface area contributed by atoms with Crippen LogP contribution < -0.4 is 15.2 Å². The molecular weight excluding hydrogens is 238 g/mol. The summed E-state index contributed by atoms with van der Waals surface area (Å²) in [4.78, 5) is 0. The van der Waals surface area contributed by atoms with Crippen LogP contribution in [0.4, 0.5) is 0 Å². The van der Waals surface area contributed by atoms with Gasteiger partial charge in [0.05, 0.1) is 19.8 Å². The fourth-order valence-corrected chi connectivity index (χ4v) is 2.50. The highest BCUT2D eigenvalue weighted by atomic mass is 16.5. The van der Waals surface area contributed by atoms with Crippen molar-refractivity contribution in [3.63, 3.8) is 0 Å². The van der Waals surface area contributed by atoms with E-state index in [0.717, 1.165) is 35.7 Å². The zero-order chi connectivity index (χ0) is 13.2. The van der Waals surface area contributed by atoms with Gasteiger partial charge >= 0.3 is 0 Å². The predicted octanol–water partition coefficient (Wildman–Crippen LogP) is 2.68. The third-order valence-electron chi connectivity index (χ3n) is 3.55. The van der Waals surface area contributed by atoms with Crippen molar-refractivity contribution in [1.29, 1.82) is 0 Å². The molecule has 19 heavy (non-hydrogen) atoms. The number of ether oxygens (including phenoxy) is 2. The van der Waals surface area contributed by atoms with E-state index in [-0.39, 0.29) is 6.04 Å². The maximum atomic E-state index is 6.37. The Balaban J connectivity index is 1.97. The number of fused-ring (bicyclic) bond motifs is 1. The van der Waals surface area contributed by atoms with Gasteiger partial charge in [0.15, 0.2) is 0 Å². The number of hydrogen-bond acceptors (Lipinski definition) is 3. The second-order valence-corrected chi connectivity index (χ2v) is 4.69. The molecular formula is C16H17NO2. The molecule has 0 amide bonds. The molecule has 0 bridgehead atoms. The van der Waals surface area contributed by atoms with Gasteiger partial charge in [0.1, 0.15) is 11.5 Å². The van der Waals surface area contributed by atoms with Crippen molar-refractivity contribution in [2.75, 3.05) is 13.7 Å². The molecule has 0 spiro atoms. The first-order valence-corrected chi connectivity index (χ1v) is 6.43. The molecule has 0 aromatic heterocycles. The van der Waals surface area contributed by atoms with Crippen molar-refractivity contribution in [2.45, 2.75) is 12.5 Å². The molecule has 0 saturated heterocycles. The molecule has 3 heteroatoms. The van der Waals surface area contributed by atoms with Crippen molar-refractivity contribution >= 4 is 0 Å². The van der Waals surface area contributed by atoms with Crippen molar-refractivity contribution in [1.82, 2.24) is 0 Å². The first-order chi connectivity index (χ1) is 9.29. The summed E-state index contributed by atoms with van der Waals surface area (Å²) in [5.41, 5.74) is 9.70. The van der Waals surface area contributed by atoms with Crippen molar-refractivity contribution < 1.29 is 9.47 Å². The van der Waals surface area contributed by atoms with Gasteiger partial charge < -0.3 is 15.2 Å². The monoisotopic (exact) mass is 255 g/mol. The third kappa shape index (κ3) is 2.17. The summed E-state index contributed by atoms with van der Waals surface area (Å²) in [5.74, 6) is 1.81. The number of nitrogens with two attached hydrogens (primary N) is 1. The normalized spacial score (nSPS) is 14.6. The van der Waals surface area contributed by atoms with E-state index in [0.29, 0.717) is 0 Å². The van der Waals surface area contributed by atoms with Gasteiger partial charge in [-0.15, -0.1) is 0 Å². The molecule has 0 fully saturated rings. The lowest BCUT2D eigenvalue weighted by atomic mass is 9.96. The Kier molecular flexibility index (Phi) is 3.13. The van der Waals surface area contributed by atoms with Crippen LogP contribution in [0.3, 0.4) is 0 Å². The van der Waals surface area contributed by atoms with Crippen molar-refractivity contribution in [3.8, 4) is 11.5 Å². The molecule has 2 aromatic rings. The van der Waals surface area contributed by atoms with E-state index in [4.69, 9.17) is 15.2 Å². The number of hydrogen-bond donors (Lipinski definition) is 1.